The SMILES string of the molecule is CC(O)C(=O)NC(C(=O)NC(NC(=N)N)C(=O)NC(NC(=N)N)C(=O)NC(NC(=N)N)C(=O)NC(NC(=N)N)C(=O)NC(N)C(N)=O)c1ccccc1. The van der Waals surface area contributed by atoms with Crippen molar-refractivity contribution in [1.82, 2.24) is 53.2 Å². The van der Waals surface area contributed by atoms with Crippen molar-refractivity contribution < 1.29 is 38.7 Å². The van der Waals surface area contributed by atoms with Crippen LogP contribution in [0.5, 0.6) is 0 Å². The lowest BCUT2D eigenvalue weighted by molar-refractivity contribution is -0.136. The van der Waals surface area contributed by atoms with Crippen molar-refractivity contribution in [2.45, 2.75) is 49.9 Å². The zero-order valence-corrected chi connectivity index (χ0v) is 27.7. The molecule has 0 saturated heterocycles. The van der Waals surface area contributed by atoms with E-state index in [4.69, 9.17) is 56.0 Å². The summed E-state index contributed by atoms with van der Waals surface area (Å²) in [5.74, 6) is -12.1. The van der Waals surface area contributed by atoms with E-state index in [1.165, 1.54) is 24.3 Å². The molecule has 0 aliphatic carbocycles. The molecule has 0 aliphatic heterocycles. The van der Waals surface area contributed by atoms with Gasteiger partial charge in [0.05, 0.1) is 0 Å². The van der Waals surface area contributed by atoms with Gasteiger partial charge in [0.25, 0.3) is 29.5 Å². The number of amides is 7. The molecule has 7 unspecified atom stereocenters. The molecule has 7 amide bonds. The highest BCUT2D eigenvalue weighted by atomic mass is 16.3. The summed E-state index contributed by atoms with van der Waals surface area (Å²) in [6.45, 7) is 1.14. The number of carbonyl (C=O) groups is 7. The Balaban J connectivity index is 3.35. The number of nitrogens with one attached hydrogen (secondary N) is 14. The fraction of sp³-hybridized carbons (Fsp3) is 0.320. The maximum Gasteiger partial charge on any atom is 0.265 e. The first-order valence-corrected chi connectivity index (χ1v) is 14.6. The molecule has 290 valence electrons. The molecule has 0 radical (unpaired) electrons. The van der Waals surface area contributed by atoms with Gasteiger partial charge in [-0.1, -0.05) is 30.3 Å². The third-order valence-electron chi connectivity index (χ3n) is 6.06. The first-order chi connectivity index (χ1) is 24.6. The van der Waals surface area contributed by atoms with E-state index in [9.17, 15) is 38.7 Å². The van der Waals surface area contributed by atoms with Crippen LogP contribution >= 0.6 is 0 Å². The highest BCUT2D eigenvalue weighted by Gasteiger charge is 2.34. The predicted octanol–water partition coefficient (Wildman–Crippen LogP) is -10.2. The lowest BCUT2D eigenvalue weighted by Crippen LogP contribution is -2.69. The average molecular weight is 751 g/mol. The maximum absolute atomic E-state index is 13.4. The minimum absolute atomic E-state index is 0.202. The lowest BCUT2D eigenvalue weighted by Gasteiger charge is -2.28. The quantitative estimate of drug-likeness (QED) is 0.0376. The molecule has 0 saturated carbocycles. The van der Waals surface area contributed by atoms with Crippen LogP contribution in [0.15, 0.2) is 30.3 Å². The summed E-state index contributed by atoms with van der Waals surface area (Å²) in [5.41, 5.74) is 31.9. The summed E-state index contributed by atoms with van der Waals surface area (Å²) in [6.07, 6.45) is -11.4. The number of hydrogen-bond donors (Lipinski definition) is 21. The highest BCUT2D eigenvalue weighted by Crippen LogP contribution is 2.13. The van der Waals surface area contributed by atoms with Crippen LogP contribution in [0.25, 0.3) is 0 Å². The molecule has 0 heterocycles. The molecular formula is C25H42N20O8. The van der Waals surface area contributed by atoms with Crippen LogP contribution in [0.1, 0.15) is 18.5 Å². The molecule has 0 spiro atoms. The van der Waals surface area contributed by atoms with E-state index in [0.717, 1.165) is 6.92 Å². The summed E-state index contributed by atoms with van der Waals surface area (Å²) in [7, 11) is 0. The average Bonchev–Trinajstić information content (AvgIpc) is 3.04. The summed E-state index contributed by atoms with van der Waals surface area (Å²) in [6, 6.07) is 6.04. The highest BCUT2D eigenvalue weighted by molar-refractivity contribution is 6.00. The molecule has 1 rings (SSSR count). The Labute approximate surface area is 299 Å². The van der Waals surface area contributed by atoms with Crippen LogP contribution in [0.3, 0.4) is 0 Å². The minimum Gasteiger partial charge on any atom is -0.384 e. The predicted molar refractivity (Wildman–Crippen MR) is 182 cm³/mol. The van der Waals surface area contributed by atoms with Crippen molar-refractivity contribution in [3.63, 3.8) is 0 Å². The van der Waals surface area contributed by atoms with Crippen LogP contribution < -0.4 is 87.6 Å². The Kier molecular flexibility index (Phi) is 16.6. The molecule has 0 bridgehead atoms. The van der Waals surface area contributed by atoms with Gasteiger partial charge in [-0.15, -0.1) is 0 Å². The van der Waals surface area contributed by atoms with E-state index in [0.29, 0.717) is 0 Å². The second-order valence-electron chi connectivity index (χ2n) is 10.4. The van der Waals surface area contributed by atoms with Crippen molar-refractivity contribution in [3.05, 3.63) is 35.9 Å². The van der Waals surface area contributed by atoms with Gasteiger partial charge in [0, 0.05) is 0 Å². The zero-order chi connectivity index (χ0) is 40.6. The topological polar surface area (TPSA) is 512 Å². The monoisotopic (exact) mass is 750 g/mol. The van der Waals surface area contributed by atoms with Crippen molar-refractivity contribution >= 4 is 65.2 Å². The summed E-state index contributed by atoms with van der Waals surface area (Å²) < 4.78 is 0. The Bertz CT molecular complexity index is 1590. The van der Waals surface area contributed by atoms with Crippen molar-refractivity contribution in [3.8, 4) is 0 Å². The van der Waals surface area contributed by atoms with E-state index in [-0.39, 0.29) is 5.56 Å². The Morgan fingerprint density at radius 1 is 0.509 bits per heavy atom. The van der Waals surface area contributed by atoms with Gasteiger partial charge in [0.1, 0.15) is 12.1 Å². The number of carbonyl (C=O) groups excluding carboxylic acids is 7. The number of guanidine groups is 4. The van der Waals surface area contributed by atoms with Gasteiger partial charge in [-0.3, -0.25) is 55.2 Å². The van der Waals surface area contributed by atoms with E-state index < -0.39 is 108 Å². The first-order valence-electron chi connectivity index (χ1n) is 14.6. The first kappa shape index (κ1) is 43.5. The van der Waals surface area contributed by atoms with Crippen molar-refractivity contribution in [1.29, 1.82) is 21.6 Å². The summed E-state index contributed by atoms with van der Waals surface area (Å²) in [4.78, 5) is 89.3. The summed E-state index contributed by atoms with van der Waals surface area (Å²) in [5, 5.41) is 60.4. The zero-order valence-electron chi connectivity index (χ0n) is 27.7. The van der Waals surface area contributed by atoms with Gasteiger partial charge in [0.15, 0.2) is 54.7 Å². The summed E-state index contributed by atoms with van der Waals surface area (Å²) >= 11 is 0. The largest absolute Gasteiger partial charge is 0.384 e. The molecule has 0 fully saturated rings. The molecule has 7 atom stereocenters. The third-order valence-corrected chi connectivity index (χ3v) is 6.06. The van der Waals surface area contributed by atoms with Crippen LogP contribution in [0, 0.1) is 21.6 Å². The second-order valence-corrected chi connectivity index (χ2v) is 10.4. The smallest absolute Gasteiger partial charge is 0.265 e. The van der Waals surface area contributed by atoms with Gasteiger partial charge < -0.3 is 92.7 Å². The molecule has 1 aromatic rings. The Hall–Kier alpha value is -7.49. The van der Waals surface area contributed by atoms with Crippen LogP contribution in [0.4, 0.5) is 0 Å². The number of rotatable bonds is 18. The van der Waals surface area contributed by atoms with Gasteiger partial charge in [-0.2, -0.15) is 0 Å². The van der Waals surface area contributed by atoms with E-state index >= 15 is 0 Å². The number of hydrogen-bond acceptors (Lipinski definition) is 13. The maximum atomic E-state index is 13.4. The number of benzene rings is 1. The molecule has 53 heavy (non-hydrogen) atoms. The lowest BCUT2D eigenvalue weighted by atomic mass is 10.1. The molecule has 28 nitrogen and oxygen atoms in total. The number of nitrogens with two attached hydrogens (primary N) is 6. The number of aliphatic hydroxyl groups is 1. The standard InChI is InChI=1S/C25H42N20O8/c1-7(46)16(48)36-9(8-5-3-2-4-6-8)17(49)38-13(43-23(30)31)19(51)40-15(45-25(34)35)21(53)41-14(44-24(32)33)20(52)39-12(42-22(28)29)18(50)37-10(26)11(27)47/h2-7,9-10,12-15,46H,26H2,1H3,(H2,27,47)(H,36,48)(H,37,50)(H,38,49)(H,39,52)(H,40,51)(H,41,53)(H4,28,29,42)(H4,30,31,43)(H4,32,33,44)(H4,34,35,45). The van der Waals surface area contributed by atoms with Crippen molar-refractivity contribution in [2.75, 3.05) is 0 Å². The third kappa shape index (κ3) is 15.3. The molecule has 1 aromatic carbocycles. The molecule has 28 heteroatoms. The molecule has 27 N–H and O–H groups in total. The van der Waals surface area contributed by atoms with Crippen LogP contribution in [-0.4, -0.2) is 107 Å². The van der Waals surface area contributed by atoms with Crippen LogP contribution in [0.2, 0.25) is 0 Å². The van der Waals surface area contributed by atoms with E-state index in [2.05, 4.69) is 21.3 Å². The second kappa shape index (κ2) is 20.2. The molecular weight excluding hydrogens is 708 g/mol. The van der Waals surface area contributed by atoms with Gasteiger partial charge in [-0.05, 0) is 12.5 Å². The van der Waals surface area contributed by atoms with E-state index in [1.54, 1.807) is 6.07 Å². The van der Waals surface area contributed by atoms with Gasteiger partial charge >= 0.3 is 0 Å². The van der Waals surface area contributed by atoms with E-state index in [1.807, 2.05) is 31.9 Å². The number of primary amides is 1. The van der Waals surface area contributed by atoms with Crippen LogP contribution in [-0.2, 0) is 33.6 Å². The van der Waals surface area contributed by atoms with Gasteiger partial charge in [-0.25, -0.2) is 0 Å². The van der Waals surface area contributed by atoms with Gasteiger partial charge in [0.2, 0.25) is 11.8 Å². The fourth-order valence-electron chi connectivity index (χ4n) is 3.71. The number of aliphatic hydroxyl groups excluding tert-OH is 1. The molecule has 0 aliphatic rings. The fourth-order valence-corrected chi connectivity index (χ4v) is 3.71. The molecule has 0 aromatic heterocycles. The Morgan fingerprint density at radius 2 is 0.830 bits per heavy atom. The normalized spacial score (nSPS) is 14.2. The van der Waals surface area contributed by atoms with Crippen molar-refractivity contribution in [2.24, 2.45) is 34.4 Å². The minimum atomic E-state index is -2.08. The Morgan fingerprint density at radius 3 is 1.13 bits per heavy atom.